The van der Waals surface area contributed by atoms with E-state index in [4.69, 9.17) is 5.73 Å². The Labute approximate surface area is 100 Å². The number of anilines is 1. The molecule has 0 saturated carbocycles. The molecule has 0 atom stereocenters. The number of nitrogens with two attached hydrogens (primary N) is 1. The summed E-state index contributed by atoms with van der Waals surface area (Å²) in [4.78, 5) is 0. The standard InChI is InChI=1S/C12H17N3S/c1-2-16-7-3-6-15-12-8-11(13)5-4-10(12)9-14-15/h4-5,8-9H,2-3,6-7,13H2,1H3. The molecule has 0 unspecified atom stereocenters. The molecule has 0 fully saturated rings. The minimum absolute atomic E-state index is 0.803. The Balaban J connectivity index is 2.09. The van der Waals surface area contributed by atoms with E-state index >= 15 is 0 Å². The lowest BCUT2D eigenvalue weighted by Gasteiger charge is -2.03. The molecule has 0 aliphatic heterocycles. The van der Waals surface area contributed by atoms with Gasteiger partial charge in [0.15, 0.2) is 0 Å². The molecule has 1 heterocycles. The third kappa shape index (κ3) is 2.50. The Morgan fingerprint density at radius 2 is 2.31 bits per heavy atom. The van der Waals surface area contributed by atoms with Gasteiger partial charge in [-0.25, -0.2) is 0 Å². The van der Waals surface area contributed by atoms with Gasteiger partial charge in [-0.15, -0.1) is 0 Å². The molecule has 1 aromatic carbocycles. The van der Waals surface area contributed by atoms with Gasteiger partial charge in [-0.3, -0.25) is 4.68 Å². The van der Waals surface area contributed by atoms with Crippen molar-refractivity contribution in [2.75, 3.05) is 17.2 Å². The number of thioether (sulfide) groups is 1. The number of rotatable bonds is 5. The van der Waals surface area contributed by atoms with Gasteiger partial charge < -0.3 is 5.73 Å². The molecule has 2 aromatic rings. The number of nitrogens with zero attached hydrogens (tertiary/aromatic N) is 2. The zero-order valence-corrected chi connectivity index (χ0v) is 10.3. The number of aromatic nitrogens is 2. The Kier molecular flexibility index (Phi) is 3.72. The minimum atomic E-state index is 0.803. The zero-order valence-electron chi connectivity index (χ0n) is 9.52. The summed E-state index contributed by atoms with van der Waals surface area (Å²) in [7, 11) is 0. The predicted molar refractivity (Wildman–Crippen MR) is 71.8 cm³/mol. The van der Waals surface area contributed by atoms with Crippen LogP contribution in [0.3, 0.4) is 0 Å². The highest BCUT2D eigenvalue weighted by atomic mass is 32.2. The lowest BCUT2D eigenvalue weighted by Crippen LogP contribution is -2.01. The first-order valence-corrected chi connectivity index (χ1v) is 6.75. The minimum Gasteiger partial charge on any atom is -0.399 e. The molecule has 3 nitrogen and oxygen atoms in total. The molecule has 1 aromatic heterocycles. The van der Waals surface area contributed by atoms with Gasteiger partial charge in [-0.1, -0.05) is 6.92 Å². The van der Waals surface area contributed by atoms with Crippen LogP contribution in [0.25, 0.3) is 10.9 Å². The Hall–Kier alpha value is -1.16. The average Bonchev–Trinajstić information content (AvgIpc) is 2.67. The number of aryl methyl sites for hydroxylation is 1. The van der Waals surface area contributed by atoms with Gasteiger partial charge in [0.1, 0.15) is 0 Å². The third-order valence-corrected chi connectivity index (χ3v) is 3.52. The number of nitrogen functional groups attached to an aromatic ring is 1. The predicted octanol–water partition coefficient (Wildman–Crippen LogP) is 2.76. The van der Waals surface area contributed by atoms with Gasteiger partial charge in [0, 0.05) is 17.6 Å². The second-order valence-electron chi connectivity index (χ2n) is 3.74. The van der Waals surface area contributed by atoms with E-state index in [9.17, 15) is 0 Å². The number of hydrogen-bond acceptors (Lipinski definition) is 3. The summed E-state index contributed by atoms with van der Waals surface area (Å²) in [5, 5.41) is 5.55. The number of hydrogen-bond donors (Lipinski definition) is 1. The van der Waals surface area contributed by atoms with Crippen molar-refractivity contribution in [2.45, 2.75) is 19.9 Å². The van der Waals surface area contributed by atoms with Crippen LogP contribution < -0.4 is 5.73 Å². The molecular formula is C12H17N3S. The quantitative estimate of drug-likeness (QED) is 0.640. The first-order valence-electron chi connectivity index (χ1n) is 5.60. The fourth-order valence-corrected chi connectivity index (χ4v) is 2.35. The molecule has 16 heavy (non-hydrogen) atoms. The van der Waals surface area contributed by atoms with Crippen LogP contribution in [0.15, 0.2) is 24.4 Å². The summed E-state index contributed by atoms with van der Waals surface area (Å²) < 4.78 is 2.04. The number of fused-ring (bicyclic) bond motifs is 1. The first kappa shape index (κ1) is 11.3. The summed E-state index contributed by atoms with van der Waals surface area (Å²) in [5.74, 6) is 2.38. The Morgan fingerprint density at radius 3 is 3.12 bits per heavy atom. The maximum absolute atomic E-state index is 5.78. The van der Waals surface area contributed by atoms with Crippen LogP contribution in [0.1, 0.15) is 13.3 Å². The van der Waals surface area contributed by atoms with Crippen molar-refractivity contribution >= 4 is 28.4 Å². The van der Waals surface area contributed by atoms with Gasteiger partial charge in [0.2, 0.25) is 0 Å². The van der Waals surface area contributed by atoms with E-state index in [-0.39, 0.29) is 0 Å². The summed E-state index contributed by atoms with van der Waals surface area (Å²) in [5.41, 5.74) is 7.73. The molecule has 0 aliphatic carbocycles. The normalized spacial score (nSPS) is 11.1. The topological polar surface area (TPSA) is 43.8 Å². The van der Waals surface area contributed by atoms with Gasteiger partial charge in [0.05, 0.1) is 11.7 Å². The monoisotopic (exact) mass is 235 g/mol. The average molecular weight is 235 g/mol. The smallest absolute Gasteiger partial charge is 0.0702 e. The van der Waals surface area contributed by atoms with Crippen molar-refractivity contribution in [2.24, 2.45) is 0 Å². The molecular weight excluding hydrogens is 218 g/mol. The second kappa shape index (κ2) is 5.25. The second-order valence-corrected chi connectivity index (χ2v) is 5.13. The van der Waals surface area contributed by atoms with Crippen molar-refractivity contribution in [1.29, 1.82) is 0 Å². The molecule has 0 amide bonds. The highest BCUT2D eigenvalue weighted by Gasteiger charge is 2.02. The number of benzene rings is 1. The zero-order chi connectivity index (χ0) is 11.4. The van der Waals surface area contributed by atoms with E-state index in [0.29, 0.717) is 0 Å². The van der Waals surface area contributed by atoms with Crippen molar-refractivity contribution < 1.29 is 0 Å². The van der Waals surface area contributed by atoms with Crippen molar-refractivity contribution in [3.63, 3.8) is 0 Å². The van der Waals surface area contributed by atoms with E-state index in [1.54, 1.807) is 0 Å². The molecule has 0 saturated heterocycles. The molecule has 86 valence electrons. The van der Waals surface area contributed by atoms with Crippen LogP contribution in [0, 0.1) is 0 Å². The van der Waals surface area contributed by atoms with Crippen molar-refractivity contribution in [1.82, 2.24) is 9.78 Å². The highest BCUT2D eigenvalue weighted by molar-refractivity contribution is 7.99. The molecule has 0 radical (unpaired) electrons. The van der Waals surface area contributed by atoms with Gasteiger partial charge >= 0.3 is 0 Å². The van der Waals surface area contributed by atoms with Crippen molar-refractivity contribution in [3.8, 4) is 0 Å². The van der Waals surface area contributed by atoms with Gasteiger partial charge in [-0.05, 0) is 36.1 Å². The Morgan fingerprint density at radius 1 is 1.44 bits per heavy atom. The molecule has 0 spiro atoms. The van der Waals surface area contributed by atoms with Crippen LogP contribution in [-0.2, 0) is 6.54 Å². The van der Waals surface area contributed by atoms with E-state index in [2.05, 4.69) is 12.0 Å². The van der Waals surface area contributed by atoms with Gasteiger partial charge in [-0.2, -0.15) is 16.9 Å². The first-order chi connectivity index (χ1) is 7.81. The van der Waals surface area contributed by atoms with Crippen LogP contribution in [-0.4, -0.2) is 21.3 Å². The lowest BCUT2D eigenvalue weighted by atomic mass is 10.2. The molecule has 0 bridgehead atoms. The van der Waals surface area contributed by atoms with E-state index in [1.165, 1.54) is 11.5 Å². The Bertz CT molecular complexity index is 464. The maximum atomic E-state index is 5.78. The van der Waals surface area contributed by atoms with E-state index in [0.717, 1.165) is 29.6 Å². The van der Waals surface area contributed by atoms with Crippen LogP contribution >= 0.6 is 11.8 Å². The van der Waals surface area contributed by atoms with Gasteiger partial charge in [0.25, 0.3) is 0 Å². The fourth-order valence-electron chi connectivity index (χ4n) is 1.73. The highest BCUT2D eigenvalue weighted by Crippen LogP contribution is 2.17. The SMILES string of the molecule is CCSCCCn1ncc2ccc(N)cc21. The fraction of sp³-hybridized carbons (Fsp3) is 0.417. The molecule has 0 aliphatic rings. The van der Waals surface area contributed by atoms with E-state index in [1.807, 2.05) is 40.8 Å². The molecule has 2 N–H and O–H groups in total. The summed E-state index contributed by atoms with van der Waals surface area (Å²) in [6, 6.07) is 5.94. The summed E-state index contributed by atoms with van der Waals surface area (Å²) in [6.45, 7) is 3.16. The third-order valence-electron chi connectivity index (χ3n) is 2.53. The van der Waals surface area contributed by atoms with Crippen LogP contribution in [0.2, 0.25) is 0 Å². The molecule has 2 rings (SSSR count). The van der Waals surface area contributed by atoms with E-state index < -0.39 is 0 Å². The maximum Gasteiger partial charge on any atom is 0.0702 e. The summed E-state index contributed by atoms with van der Waals surface area (Å²) >= 11 is 1.97. The van der Waals surface area contributed by atoms with Crippen molar-refractivity contribution in [3.05, 3.63) is 24.4 Å². The molecule has 4 heteroatoms. The van der Waals surface area contributed by atoms with Crippen LogP contribution in [0.5, 0.6) is 0 Å². The lowest BCUT2D eigenvalue weighted by molar-refractivity contribution is 0.626. The summed E-state index contributed by atoms with van der Waals surface area (Å²) in [6.07, 6.45) is 3.06. The largest absolute Gasteiger partial charge is 0.399 e. The van der Waals surface area contributed by atoms with Crippen LogP contribution in [0.4, 0.5) is 5.69 Å².